The van der Waals surface area contributed by atoms with Gasteiger partial charge in [0.05, 0.1) is 5.75 Å². The van der Waals surface area contributed by atoms with Crippen molar-refractivity contribution in [1.82, 2.24) is 10.3 Å². The normalized spacial score (nSPS) is 11.1. The van der Waals surface area contributed by atoms with Gasteiger partial charge in [-0.1, -0.05) is 0 Å². The zero-order chi connectivity index (χ0) is 13.1. The van der Waals surface area contributed by atoms with E-state index in [0.717, 1.165) is 17.6 Å². The number of aromatic nitrogens is 1. The Kier molecular flexibility index (Phi) is 4.18. The number of rotatable bonds is 5. The third-order valence-corrected chi connectivity index (χ3v) is 3.46. The van der Waals surface area contributed by atoms with Crippen LogP contribution in [-0.2, 0) is 9.84 Å². The number of carbonyl (C=O) groups excluding carboxylic acids is 1. The number of aromatic carboxylic acids is 1. The molecule has 0 spiro atoms. The maximum absolute atomic E-state index is 11.4. The molecule has 0 bridgehead atoms. The summed E-state index contributed by atoms with van der Waals surface area (Å²) in [7, 11) is -3.14. The highest BCUT2D eigenvalue weighted by atomic mass is 32.2. The number of thiazole rings is 1. The third-order valence-electron chi connectivity index (χ3n) is 1.68. The first kappa shape index (κ1) is 13.6. The zero-order valence-corrected chi connectivity index (χ0v) is 10.5. The quantitative estimate of drug-likeness (QED) is 0.758. The maximum Gasteiger partial charge on any atom is 0.355 e. The van der Waals surface area contributed by atoms with Gasteiger partial charge in [0.1, 0.15) is 9.84 Å². The second-order valence-corrected chi connectivity index (χ2v) is 6.35. The Morgan fingerprint density at radius 2 is 2.18 bits per heavy atom. The van der Waals surface area contributed by atoms with Crippen LogP contribution in [0.3, 0.4) is 0 Å². The van der Waals surface area contributed by atoms with Gasteiger partial charge in [-0.2, -0.15) is 0 Å². The Bertz CT molecular complexity index is 534. The van der Waals surface area contributed by atoms with Crippen LogP contribution in [0.2, 0.25) is 0 Å². The van der Waals surface area contributed by atoms with Gasteiger partial charge < -0.3 is 10.4 Å². The van der Waals surface area contributed by atoms with Crippen molar-refractivity contribution >= 4 is 33.1 Å². The Hall–Kier alpha value is -1.48. The summed E-state index contributed by atoms with van der Waals surface area (Å²) in [5.74, 6) is -1.96. The second-order valence-electron chi connectivity index (χ2n) is 3.23. The van der Waals surface area contributed by atoms with Gasteiger partial charge >= 0.3 is 5.97 Å². The van der Waals surface area contributed by atoms with E-state index < -0.39 is 21.7 Å². The molecule has 17 heavy (non-hydrogen) atoms. The number of hydrogen-bond donors (Lipinski definition) is 2. The van der Waals surface area contributed by atoms with Crippen molar-refractivity contribution in [2.75, 3.05) is 18.6 Å². The number of hydrogen-bond acceptors (Lipinski definition) is 6. The molecule has 0 atom stereocenters. The predicted molar refractivity (Wildman–Crippen MR) is 61.1 cm³/mol. The first-order valence-corrected chi connectivity index (χ1v) is 7.38. The molecule has 1 aromatic heterocycles. The number of nitrogens with zero attached hydrogens (tertiary/aromatic N) is 1. The Labute approximate surface area is 101 Å². The summed E-state index contributed by atoms with van der Waals surface area (Å²) in [5.41, 5.74) is -0.205. The van der Waals surface area contributed by atoms with E-state index in [4.69, 9.17) is 5.11 Å². The molecule has 1 heterocycles. The average Bonchev–Trinajstić information content (AvgIpc) is 2.63. The van der Waals surface area contributed by atoms with E-state index in [9.17, 15) is 18.0 Å². The fourth-order valence-corrected chi connectivity index (χ4v) is 2.08. The molecule has 0 aliphatic heterocycles. The van der Waals surface area contributed by atoms with Gasteiger partial charge in [-0.05, 0) is 0 Å². The van der Waals surface area contributed by atoms with Crippen molar-refractivity contribution in [3.05, 3.63) is 16.1 Å². The monoisotopic (exact) mass is 278 g/mol. The number of carboxylic acids is 1. The van der Waals surface area contributed by atoms with E-state index in [2.05, 4.69) is 10.3 Å². The van der Waals surface area contributed by atoms with E-state index in [1.807, 2.05) is 0 Å². The summed E-state index contributed by atoms with van der Waals surface area (Å²) < 4.78 is 21.6. The van der Waals surface area contributed by atoms with Gasteiger partial charge in [-0.25, -0.2) is 18.2 Å². The Morgan fingerprint density at radius 1 is 1.53 bits per heavy atom. The topological polar surface area (TPSA) is 113 Å². The summed E-state index contributed by atoms with van der Waals surface area (Å²) in [4.78, 5) is 25.5. The average molecular weight is 278 g/mol. The molecule has 0 aliphatic carbocycles. The van der Waals surface area contributed by atoms with Gasteiger partial charge in [-0.3, -0.25) is 4.79 Å². The van der Waals surface area contributed by atoms with Crippen LogP contribution in [0, 0.1) is 0 Å². The fraction of sp³-hybridized carbons (Fsp3) is 0.375. The zero-order valence-electron chi connectivity index (χ0n) is 8.84. The van der Waals surface area contributed by atoms with Crippen molar-refractivity contribution in [3.63, 3.8) is 0 Å². The van der Waals surface area contributed by atoms with Crippen LogP contribution in [0.4, 0.5) is 0 Å². The van der Waals surface area contributed by atoms with Gasteiger partial charge in [0.15, 0.2) is 10.7 Å². The first-order chi connectivity index (χ1) is 7.79. The number of sulfone groups is 1. The highest BCUT2D eigenvalue weighted by Crippen LogP contribution is 2.09. The van der Waals surface area contributed by atoms with Crippen molar-refractivity contribution in [2.45, 2.75) is 0 Å². The summed E-state index contributed by atoms with van der Waals surface area (Å²) in [6.07, 6.45) is 1.06. The molecule has 0 saturated heterocycles. The van der Waals surface area contributed by atoms with Gasteiger partial charge in [0, 0.05) is 18.2 Å². The Balaban J connectivity index is 2.55. The fourth-order valence-electron chi connectivity index (χ4n) is 0.902. The summed E-state index contributed by atoms with van der Waals surface area (Å²) in [5, 5.41) is 12.2. The molecule has 94 valence electrons. The summed E-state index contributed by atoms with van der Waals surface area (Å²) >= 11 is 0.890. The number of nitrogens with one attached hydrogen (secondary N) is 1. The van der Waals surface area contributed by atoms with Gasteiger partial charge in [-0.15, -0.1) is 11.3 Å². The predicted octanol–water partition coefficient (Wildman–Crippen LogP) is -0.384. The molecule has 0 saturated carbocycles. The first-order valence-electron chi connectivity index (χ1n) is 4.44. The molecule has 2 N–H and O–H groups in total. The maximum atomic E-state index is 11.4. The van der Waals surface area contributed by atoms with Crippen LogP contribution in [0.5, 0.6) is 0 Å². The van der Waals surface area contributed by atoms with Crippen LogP contribution in [0.25, 0.3) is 0 Å². The minimum absolute atomic E-state index is 0.00380. The molecule has 0 unspecified atom stereocenters. The van der Waals surface area contributed by atoms with Gasteiger partial charge in [0.2, 0.25) is 0 Å². The lowest BCUT2D eigenvalue weighted by atomic mass is 10.5. The molecular formula is C8H10N2O5S2. The van der Waals surface area contributed by atoms with E-state index in [1.165, 1.54) is 5.38 Å². The van der Waals surface area contributed by atoms with Crippen LogP contribution in [0.1, 0.15) is 20.3 Å². The molecule has 1 amide bonds. The van der Waals surface area contributed by atoms with Crippen molar-refractivity contribution in [2.24, 2.45) is 0 Å². The molecule has 0 radical (unpaired) electrons. The molecule has 1 aromatic rings. The van der Waals surface area contributed by atoms with Crippen molar-refractivity contribution in [1.29, 1.82) is 0 Å². The van der Waals surface area contributed by atoms with Crippen molar-refractivity contribution < 1.29 is 23.1 Å². The lowest BCUT2D eigenvalue weighted by molar-refractivity contribution is 0.0691. The second kappa shape index (κ2) is 5.23. The standard InChI is InChI=1S/C8H10N2O5S2/c1-17(14,15)3-2-9-6(11)7-10-5(4-16-7)8(12)13/h4H,2-3H2,1H3,(H,9,11)(H,12,13). The van der Waals surface area contributed by atoms with E-state index in [0.29, 0.717) is 0 Å². The van der Waals surface area contributed by atoms with E-state index >= 15 is 0 Å². The van der Waals surface area contributed by atoms with E-state index in [1.54, 1.807) is 0 Å². The van der Waals surface area contributed by atoms with Gasteiger partial charge in [0.25, 0.3) is 5.91 Å². The SMILES string of the molecule is CS(=O)(=O)CCNC(=O)c1nc(C(=O)O)cs1. The van der Waals surface area contributed by atoms with Crippen LogP contribution in [-0.4, -0.2) is 48.9 Å². The minimum Gasteiger partial charge on any atom is -0.476 e. The van der Waals surface area contributed by atoms with Crippen LogP contribution >= 0.6 is 11.3 Å². The van der Waals surface area contributed by atoms with E-state index in [-0.39, 0.29) is 23.0 Å². The van der Waals surface area contributed by atoms with Crippen LogP contribution in [0.15, 0.2) is 5.38 Å². The molecule has 0 aromatic carbocycles. The number of carboxylic acid groups (broad SMARTS) is 1. The highest BCUT2D eigenvalue weighted by molar-refractivity contribution is 7.90. The smallest absolute Gasteiger partial charge is 0.355 e. The highest BCUT2D eigenvalue weighted by Gasteiger charge is 2.14. The third kappa shape index (κ3) is 4.49. The summed E-state index contributed by atoms with van der Waals surface area (Å²) in [6.45, 7) is -0.0281. The minimum atomic E-state index is -3.14. The molecule has 9 heteroatoms. The Morgan fingerprint density at radius 3 is 2.65 bits per heavy atom. The lowest BCUT2D eigenvalue weighted by Gasteiger charge is -2.00. The molecule has 0 fully saturated rings. The van der Waals surface area contributed by atoms with Crippen molar-refractivity contribution in [3.8, 4) is 0 Å². The molecule has 7 nitrogen and oxygen atoms in total. The lowest BCUT2D eigenvalue weighted by Crippen LogP contribution is -2.28. The summed E-state index contributed by atoms with van der Waals surface area (Å²) in [6, 6.07) is 0. The number of carbonyl (C=O) groups is 2. The molecular weight excluding hydrogens is 268 g/mol. The largest absolute Gasteiger partial charge is 0.476 e. The van der Waals surface area contributed by atoms with Crippen LogP contribution < -0.4 is 5.32 Å². The molecule has 0 aliphatic rings. The molecule has 1 rings (SSSR count). The number of amides is 1.